The van der Waals surface area contributed by atoms with Gasteiger partial charge in [-0.1, -0.05) is 0 Å². The fraction of sp³-hybridized carbons (Fsp3) is 0.800. The Labute approximate surface area is 117 Å². The molecule has 0 aromatic carbocycles. The molecule has 1 aromatic heterocycles. The Bertz CT molecular complexity index is 328. The maximum atomic E-state index is 4.09. The fourth-order valence-electron chi connectivity index (χ4n) is 2.83. The predicted molar refractivity (Wildman–Crippen MR) is 79.1 cm³/mol. The standard InChI is InChI=1S/C15H28N4/c1-14(2)19(12-15-4-6-16-7-5-15)10-3-9-18-11-8-17-13-18/h8,11,13-16H,3-7,9-10,12H2,1-2H3. The van der Waals surface area contributed by atoms with E-state index in [2.05, 4.69) is 33.6 Å². The van der Waals surface area contributed by atoms with Gasteiger partial charge in [-0.25, -0.2) is 4.98 Å². The third-order valence-electron chi connectivity index (χ3n) is 4.10. The van der Waals surface area contributed by atoms with Crippen LogP contribution in [0.5, 0.6) is 0 Å². The lowest BCUT2D eigenvalue weighted by Crippen LogP contribution is -2.40. The summed E-state index contributed by atoms with van der Waals surface area (Å²) < 4.78 is 2.17. The first kappa shape index (κ1) is 14.5. The molecule has 2 heterocycles. The number of rotatable bonds is 7. The molecule has 0 spiro atoms. The molecule has 0 radical (unpaired) electrons. The van der Waals surface area contributed by atoms with Crippen molar-refractivity contribution < 1.29 is 0 Å². The van der Waals surface area contributed by atoms with E-state index in [1.54, 1.807) is 0 Å². The van der Waals surface area contributed by atoms with E-state index in [4.69, 9.17) is 0 Å². The van der Waals surface area contributed by atoms with Gasteiger partial charge in [-0.3, -0.25) is 0 Å². The van der Waals surface area contributed by atoms with Crippen molar-refractivity contribution >= 4 is 0 Å². The number of imidazole rings is 1. The second-order valence-corrected chi connectivity index (χ2v) is 5.94. The largest absolute Gasteiger partial charge is 0.337 e. The van der Waals surface area contributed by atoms with Crippen LogP contribution in [0.15, 0.2) is 18.7 Å². The average molecular weight is 264 g/mol. The second-order valence-electron chi connectivity index (χ2n) is 5.94. The van der Waals surface area contributed by atoms with Gasteiger partial charge in [0.2, 0.25) is 0 Å². The van der Waals surface area contributed by atoms with Crippen LogP contribution in [-0.2, 0) is 6.54 Å². The molecule has 2 rings (SSSR count). The molecule has 1 aromatic rings. The number of piperidine rings is 1. The summed E-state index contributed by atoms with van der Waals surface area (Å²) in [4.78, 5) is 6.74. The Morgan fingerprint density at radius 3 is 2.79 bits per heavy atom. The van der Waals surface area contributed by atoms with E-state index in [-0.39, 0.29) is 0 Å². The highest BCUT2D eigenvalue weighted by Crippen LogP contribution is 2.15. The number of aryl methyl sites for hydroxylation is 1. The maximum absolute atomic E-state index is 4.09. The lowest BCUT2D eigenvalue weighted by atomic mass is 9.97. The first-order chi connectivity index (χ1) is 9.25. The third kappa shape index (κ3) is 4.96. The zero-order chi connectivity index (χ0) is 13.5. The van der Waals surface area contributed by atoms with Crippen molar-refractivity contribution in [1.29, 1.82) is 0 Å². The molecule has 1 saturated heterocycles. The molecule has 0 bridgehead atoms. The van der Waals surface area contributed by atoms with Crippen LogP contribution < -0.4 is 5.32 Å². The van der Waals surface area contributed by atoms with Gasteiger partial charge in [0.05, 0.1) is 6.33 Å². The van der Waals surface area contributed by atoms with E-state index < -0.39 is 0 Å². The van der Waals surface area contributed by atoms with E-state index in [1.165, 1.54) is 45.4 Å². The molecule has 1 aliphatic rings. The maximum Gasteiger partial charge on any atom is 0.0945 e. The lowest BCUT2D eigenvalue weighted by molar-refractivity contribution is 0.165. The summed E-state index contributed by atoms with van der Waals surface area (Å²) >= 11 is 0. The molecule has 0 aliphatic carbocycles. The highest BCUT2D eigenvalue weighted by molar-refractivity contribution is 4.76. The van der Waals surface area contributed by atoms with Crippen molar-refractivity contribution in [2.45, 2.75) is 45.7 Å². The Morgan fingerprint density at radius 2 is 2.16 bits per heavy atom. The summed E-state index contributed by atoms with van der Waals surface area (Å²) in [5.74, 6) is 0.886. The monoisotopic (exact) mass is 264 g/mol. The summed E-state index contributed by atoms with van der Waals surface area (Å²) in [6.07, 6.45) is 9.70. The summed E-state index contributed by atoms with van der Waals surface area (Å²) in [7, 11) is 0. The van der Waals surface area contributed by atoms with Crippen LogP contribution >= 0.6 is 0 Å². The minimum absolute atomic E-state index is 0.651. The van der Waals surface area contributed by atoms with Crippen LogP contribution in [0.4, 0.5) is 0 Å². The molecule has 0 atom stereocenters. The zero-order valence-electron chi connectivity index (χ0n) is 12.4. The molecule has 1 aliphatic heterocycles. The van der Waals surface area contributed by atoms with Gasteiger partial charge in [-0.05, 0) is 52.1 Å². The lowest BCUT2D eigenvalue weighted by Gasteiger charge is -2.32. The Hall–Kier alpha value is -0.870. The van der Waals surface area contributed by atoms with E-state index in [1.807, 2.05) is 18.7 Å². The fourth-order valence-corrected chi connectivity index (χ4v) is 2.83. The van der Waals surface area contributed by atoms with E-state index in [0.717, 1.165) is 12.5 Å². The third-order valence-corrected chi connectivity index (χ3v) is 4.10. The molecule has 4 nitrogen and oxygen atoms in total. The molecule has 4 heteroatoms. The van der Waals surface area contributed by atoms with Crippen molar-refractivity contribution in [2.24, 2.45) is 5.92 Å². The molecule has 0 unspecified atom stereocenters. The predicted octanol–water partition coefficient (Wildman–Crippen LogP) is 1.98. The molecule has 1 N–H and O–H groups in total. The minimum atomic E-state index is 0.651. The highest BCUT2D eigenvalue weighted by Gasteiger charge is 2.18. The summed E-state index contributed by atoms with van der Waals surface area (Å²) in [6, 6.07) is 0.651. The molecule has 108 valence electrons. The quantitative estimate of drug-likeness (QED) is 0.817. The molecule has 19 heavy (non-hydrogen) atoms. The van der Waals surface area contributed by atoms with Crippen molar-refractivity contribution in [3.63, 3.8) is 0 Å². The van der Waals surface area contributed by atoms with Crippen molar-refractivity contribution in [2.75, 3.05) is 26.2 Å². The summed E-state index contributed by atoms with van der Waals surface area (Å²) in [5, 5.41) is 3.45. The molecule has 1 fully saturated rings. The smallest absolute Gasteiger partial charge is 0.0945 e. The van der Waals surface area contributed by atoms with E-state index >= 15 is 0 Å². The van der Waals surface area contributed by atoms with E-state index in [9.17, 15) is 0 Å². The highest BCUT2D eigenvalue weighted by atomic mass is 15.2. The topological polar surface area (TPSA) is 33.1 Å². The van der Waals surface area contributed by atoms with Gasteiger partial charge in [0.1, 0.15) is 0 Å². The first-order valence-corrected chi connectivity index (χ1v) is 7.66. The number of hydrogen-bond acceptors (Lipinski definition) is 3. The first-order valence-electron chi connectivity index (χ1n) is 7.66. The van der Waals surface area contributed by atoms with Gasteiger partial charge in [-0.2, -0.15) is 0 Å². The minimum Gasteiger partial charge on any atom is -0.337 e. The number of nitrogens with one attached hydrogen (secondary N) is 1. The normalized spacial score (nSPS) is 17.5. The SMILES string of the molecule is CC(C)N(CCCn1ccnc1)CC1CCNCC1. The van der Waals surface area contributed by atoms with Crippen molar-refractivity contribution in [1.82, 2.24) is 19.8 Å². The van der Waals surface area contributed by atoms with Gasteiger partial charge in [0, 0.05) is 38.1 Å². The second kappa shape index (κ2) is 7.65. The molecule has 0 saturated carbocycles. The Morgan fingerprint density at radius 1 is 1.37 bits per heavy atom. The molecular weight excluding hydrogens is 236 g/mol. The number of aromatic nitrogens is 2. The van der Waals surface area contributed by atoms with E-state index in [0.29, 0.717) is 6.04 Å². The van der Waals surface area contributed by atoms with Gasteiger partial charge < -0.3 is 14.8 Å². The average Bonchev–Trinajstić information content (AvgIpc) is 2.92. The molecule has 0 amide bonds. The van der Waals surface area contributed by atoms with Gasteiger partial charge in [0.15, 0.2) is 0 Å². The van der Waals surface area contributed by atoms with Crippen molar-refractivity contribution in [3.8, 4) is 0 Å². The van der Waals surface area contributed by atoms with Crippen LogP contribution in [0.25, 0.3) is 0 Å². The Balaban J connectivity index is 1.72. The summed E-state index contributed by atoms with van der Waals surface area (Å²) in [5.41, 5.74) is 0. The van der Waals surface area contributed by atoms with Crippen LogP contribution in [0.1, 0.15) is 33.1 Å². The van der Waals surface area contributed by atoms with Crippen molar-refractivity contribution in [3.05, 3.63) is 18.7 Å². The molecular formula is C15H28N4. The van der Waals surface area contributed by atoms with Gasteiger partial charge in [-0.15, -0.1) is 0 Å². The van der Waals surface area contributed by atoms with Crippen LogP contribution in [-0.4, -0.2) is 46.7 Å². The number of hydrogen-bond donors (Lipinski definition) is 1. The Kier molecular flexibility index (Phi) is 5.86. The number of nitrogens with zero attached hydrogens (tertiary/aromatic N) is 3. The van der Waals surface area contributed by atoms with Crippen LogP contribution in [0.3, 0.4) is 0 Å². The summed E-state index contributed by atoms with van der Waals surface area (Å²) in [6.45, 7) is 10.6. The van der Waals surface area contributed by atoms with Gasteiger partial charge >= 0.3 is 0 Å². The zero-order valence-corrected chi connectivity index (χ0v) is 12.4. The van der Waals surface area contributed by atoms with Gasteiger partial charge in [0.25, 0.3) is 0 Å². The van der Waals surface area contributed by atoms with Crippen LogP contribution in [0, 0.1) is 5.92 Å². The van der Waals surface area contributed by atoms with Crippen LogP contribution in [0.2, 0.25) is 0 Å².